The molecule has 3 aromatic carbocycles. The second kappa shape index (κ2) is 7.81. The number of hydrogen-bond donors (Lipinski definition) is 2. The molecule has 0 spiro atoms. The zero-order valence-electron chi connectivity index (χ0n) is 16.4. The standard InChI is InChI=1S/C26H23ClO2/c1-16-6-8-18(9-7-16)26-22-12-10-19(17(2)28)14-20(22)4-3-5-24(26)23-13-11-21(27)15-25(23)29/h6-15,28-29H,2-5H2,1H3. The van der Waals surface area contributed by atoms with Crippen LogP contribution >= 0.6 is 11.6 Å². The maximum Gasteiger partial charge on any atom is 0.124 e. The van der Waals surface area contributed by atoms with Crippen molar-refractivity contribution in [3.63, 3.8) is 0 Å². The van der Waals surface area contributed by atoms with Crippen LogP contribution in [0.15, 0.2) is 67.2 Å². The molecular weight excluding hydrogens is 380 g/mol. The number of aryl methyl sites for hydroxylation is 2. The summed E-state index contributed by atoms with van der Waals surface area (Å²) >= 11 is 6.08. The summed E-state index contributed by atoms with van der Waals surface area (Å²) in [6.45, 7) is 5.74. The lowest BCUT2D eigenvalue weighted by Crippen LogP contribution is -1.98. The van der Waals surface area contributed by atoms with Crippen LogP contribution in [-0.2, 0) is 6.42 Å². The molecule has 0 aromatic heterocycles. The van der Waals surface area contributed by atoms with Gasteiger partial charge in [0.05, 0.1) is 0 Å². The fourth-order valence-corrected chi connectivity index (χ4v) is 4.21. The molecule has 29 heavy (non-hydrogen) atoms. The first-order valence-electron chi connectivity index (χ1n) is 9.74. The molecular formula is C26H23ClO2. The van der Waals surface area contributed by atoms with Crippen LogP contribution in [0.5, 0.6) is 5.75 Å². The second-order valence-corrected chi connectivity index (χ2v) is 7.99. The molecule has 0 aliphatic heterocycles. The number of rotatable bonds is 3. The molecule has 0 atom stereocenters. The minimum Gasteiger partial charge on any atom is -0.508 e. The van der Waals surface area contributed by atoms with Crippen molar-refractivity contribution in [2.45, 2.75) is 26.2 Å². The van der Waals surface area contributed by atoms with Gasteiger partial charge in [0.25, 0.3) is 0 Å². The fourth-order valence-electron chi connectivity index (χ4n) is 4.05. The van der Waals surface area contributed by atoms with Gasteiger partial charge in [-0.05, 0) is 78.3 Å². The summed E-state index contributed by atoms with van der Waals surface area (Å²) in [5, 5.41) is 21.0. The van der Waals surface area contributed by atoms with Crippen molar-refractivity contribution >= 4 is 28.5 Å². The van der Waals surface area contributed by atoms with E-state index in [-0.39, 0.29) is 11.5 Å². The molecule has 146 valence electrons. The van der Waals surface area contributed by atoms with Crippen LogP contribution in [0.2, 0.25) is 5.02 Å². The molecule has 0 heterocycles. The first-order valence-corrected chi connectivity index (χ1v) is 10.1. The van der Waals surface area contributed by atoms with Crippen LogP contribution in [0, 0.1) is 6.92 Å². The molecule has 0 unspecified atom stereocenters. The molecule has 0 fully saturated rings. The van der Waals surface area contributed by atoms with Crippen LogP contribution in [-0.4, -0.2) is 10.2 Å². The molecule has 1 aliphatic rings. The van der Waals surface area contributed by atoms with Crippen molar-refractivity contribution in [2.75, 3.05) is 0 Å². The number of benzene rings is 3. The van der Waals surface area contributed by atoms with Crippen molar-refractivity contribution in [1.82, 2.24) is 0 Å². The van der Waals surface area contributed by atoms with Gasteiger partial charge in [-0.3, -0.25) is 0 Å². The van der Waals surface area contributed by atoms with Gasteiger partial charge in [0.15, 0.2) is 0 Å². The van der Waals surface area contributed by atoms with Crippen molar-refractivity contribution < 1.29 is 10.2 Å². The average molecular weight is 403 g/mol. The van der Waals surface area contributed by atoms with Gasteiger partial charge in [0.1, 0.15) is 11.5 Å². The first-order chi connectivity index (χ1) is 13.9. The van der Waals surface area contributed by atoms with Gasteiger partial charge in [-0.1, -0.05) is 60.1 Å². The van der Waals surface area contributed by atoms with Gasteiger partial charge in [0.2, 0.25) is 0 Å². The molecule has 0 saturated heterocycles. The Labute approximate surface area is 176 Å². The minimum absolute atomic E-state index is 0.0773. The van der Waals surface area contributed by atoms with E-state index >= 15 is 0 Å². The van der Waals surface area contributed by atoms with Crippen molar-refractivity contribution in [3.05, 3.63) is 106 Å². The number of aliphatic hydroxyl groups excluding tert-OH is 1. The van der Waals surface area contributed by atoms with Gasteiger partial charge in [-0.25, -0.2) is 0 Å². The number of aromatic hydroxyl groups is 1. The number of phenolic OH excluding ortho intramolecular Hbond substituents is 1. The number of phenols is 1. The van der Waals surface area contributed by atoms with Crippen LogP contribution in [0.25, 0.3) is 16.9 Å². The van der Waals surface area contributed by atoms with Crippen molar-refractivity contribution in [3.8, 4) is 5.75 Å². The summed E-state index contributed by atoms with van der Waals surface area (Å²) in [6.07, 6.45) is 2.67. The average Bonchev–Trinajstić information content (AvgIpc) is 2.87. The zero-order valence-corrected chi connectivity index (χ0v) is 17.1. The molecule has 3 aromatic rings. The maximum absolute atomic E-state index is 10.6. The predicted octanol–water partition coefficient (Wildman–Crippen LogP) is 7.18. The second-order valence-electron chi connectivity index (χ2n) is 7.55. The summed E-state index contributed by atoms with van der Waals surface area (Å²) in [6, 6.07) is 19.8. The third-order valence-corrected chi connectivity index (χ3v) is 5.74. The van der Waals surface area contributed by atoms with E-state index in [2.05, 4.69) is 43.8 Å². The van der Waals surface area contributed by atoms with Crippen LogP contribution < -0.4 is 0 Å². The smallest absolute Gasteiger partial charge is 0.124 e. The Morgan fingerprint density at radius 2 is 1.66 bits per heavy atom. The van der Waals surface area contributed by atoms with Gasteiger partial charge in [0, 0.05) is 16.1 Å². The van der Waals surface area contributed by atoms with Crippen LogP contribution in [0.4, 0.5) is 0 Å². The summed E-state index contributed by atoms with van der Waals surface area (Å²) in [5.74, 6) is 0.273. The molecule has 1 aliphatic carbocycles. The molecule has 0 amide bonds. The van der Waals surface area contributed by atoms with Gasteiger partial charge >= 0.3 is 0 Å². The minimum atomic E-state index is 0.0773. The molecule has 0 radical (unpaired) electrons. The lowest BCUT2D eigenvalue weighted by atomic mass is 9.87. The number of fused-ring (bicyclic) bond motifs is 1. The number of allylic oxidation sites excluding steroid dienone is 1. The van der Waals surface area contributed by atoms with Crippen molar-refractivity contribution in [2.24, 2.45) is 0 Å². The highest BCUT2D eigenvalue weighted by Crippen LogP contribution is 2.43. The van der Waals surface area contributed by atoms with Crippen LogP contribution in [0.1, 0.15) is 46.2 Å². The lowest BCUT2D eigenvalue weighted by Gasteiger charge is -2.18. The SMILES string of the molecule is C=C(O)c1ccc2c(c1)CCCC(c1ccc(Cl)cc1O)=C2c1ccc(C)cc1. The monoisotopic (exact) mass is 402 g/mol. The van der Waals surface area contributed by atoms with E-state index in [1.54, 1.807) is 6.07 Å². The Morgan fingerprint density at radius 3 is 2.34 bits per heavy atom. The number of hydrogen-bond acceptors (Lipinski definition) is 2. The van der Waals surface area contributed by atoms with E-state index in [1.165, 1.54) is 11.1 Å². The molecule has 0 saturated carbocycles. The lowest BCUT2D eigenvalue weighted by molar-refractivity contribution is 0.473. The maximum atomic E-state index is 10.6. The highest BCUT2D eigenvalue weighted by molar-refractivity contribution is 6.30. The largest absolute Gasteiger partial charge is 0.508 e. The zero-order chi connectivity index (χ0) is 20.5. The highest BCUT2D eigenvalue weighted by atomic mass is 35.5. The number of aliphatic hydroxyl groups is 1. The fraction of sp³-hybridized carbons (Fsp3) is 0.154. The van der Waals surface area contributed by atoms with E-state index in [1.807, 2.05) is 24.3 Å². The van der Waals surface area contributed by atoms with Crippen LogP contribution in [0.3, 0.4) is 0 Å². The normalized spacial score (nSPS) is 13.7. The molecule has 0 bridgehead atoms. The van der Waals surface area contributed by atoms with Gasteiger partial charge < -0.3 is 10.2 Å². The molecule has 2 nitrogen and oxygen atoms in total. The summed E-state index contributed by atoms with van der Waals surface area (Å²) < 4.78 is 0. The van der Waals surface area contributed by atoms with E-state index in [0.29, 0.717) is 5.02 Å². The third-order valence-electron chi connectivity index (χ3n) is 5.51. The van der Waals surface area contributed by atoms with E-state index in [0.717, 1.165) is 52.7 Å². The van der Waals surface area contributed by atoms with E-state index in [4.69, 9.17) is 11.6 Å². The van der Waals surface area contributed by atoms with Gasteiger partial charge in [-0.15, -0.1) is 0 Å². The Hall–Kier alpha value is -2.97. The predicted molar refractivity (Wildman–Crippen MR) is 121 cm³/mol. The quantitative estimate of drug-likeness (QED) is 0.455. The Morgan fingerprint density at radius 1 is 0.931 bits per heavy atom. The Bertz CT molecular complexity index is 1120. The topological polar surface area (TPSA) is 40.5 Å². The summed E-state index contributed by atoms with van der Waals surface area (Å²) in [7, 11) is 0. The highest BCUT2D eigenvalue weighted by Gasteiger charge is 2.22. The van der Waals surface area contributed by atoms with Gasteiger partial charge in [-0.2, -0.15) is 0 Å². The van der Waals surface area contributed by atoms with E-state index in [9.17, 15) is 10.2 Å². The summed E-state index contributed by atoms with van der Waals surface area (Å²) in [4.78, 5) is 0. The van der Waals surface area contributed by atoms with Crippen molar-refractivity contribution in [1.29, 1.82) is 0 Å². The van der Waals surface area contributed by atoms with E-state index < -0.39 is 0 Å². The first kappa shape index (κ1) is 19.4. The molecule has 4 rings (SSSR count). The molecule has 2 N–H and O–H groups in total. The Balaban J connectivity index is 2.02. The summed E-state index contributed by atoms with van der Waals surface area (Å²) in [5.41, 5.74) is 8.39. The number of halogens is 1. The Kier molecular flexibility index (Phi) is 5.21. The molecule has 3 heteroatoms. The third kappa shape index (κ3) is 3.81.